The van der Waals surface area contributed by atoms with Gasteiger partial charge in [-0.3, -0.25) is 14.3 Å². The van der Waals surface area contributed by atoms with Crippen LogP contribution < -0.4 is 10.6 Å². The summed E-state index contributed by atoms with van der Waals surface area (Å²) in [5, 5.41) is 13.5. The quantitative estimate of drug-likeness (QED) is 0.613. The Morgan fingerprint density at radius 3 is 2.60 bits per heavy atom. The number of fused-ring (bicyclic) bond motifs is 1. The van der Waals surface area contributed by atoms with E-state index in [1.54, 1.807) is 6.92 Å². The molecule has 0 unspecified atom stereocenters. The topological polar surface area (TPSA) is 106 Å². The molecule has 3 aromatic rings. The Kier molecular flexibility index (Phi) is 6.09. The third-order valence-electron chi connectivity index (χ3n) is 4.32. The van der Waals surface area contributed by atoms with Crippen LogP contribution in [0, 0.1) is 12.8 Å². The number of anilines is 1. The molecule has 160 valence electrons. The Morgan fingerprint density at radius 2 is 1.97 bits per heavy atom. The van der Waals surface area contributed by atoms with Gasteiger partial charge in [0.15, 0.2) is 11.3 Å². The Morgan fingerprint density at radius 1 is 1.23 bits per heavy atom. The summed E-state index contributed by atoms with van der Waals surface area (Å²) < 4.78 is 29.1. The molecule has 0 saturated carbocycles. The van der Waals surface area contributed by atoms with Gasteiger partial charge in [0.2, 0.25) is 0 Å². The molecule has 3 rings (SSSR count). The van der Waals surface area contributed by atoms with Gasteiger partial charge in [0.25, 0.3) is 18.2 Å². The summed E-state index contributed by atoms with van der Waals surface area (Å²) in [6, 6.07) is 1.22. The summed E-state index contributed by atoms with van der Waals surface area (Å²) in [7, 11) is 0. The number of aryl methyl sites for hydroxylation is 2. The van der Waals surface area contributed by atoms with Crippen LogP contribution in [-0.4, -0.2) is 42.7 Å². The molecule has 9 nitrogen and oxygen atoms in total. The molecule has 2 amide bonds. The molecular formula is C19H23F2N7O2. The minimum absolute atomic E-state index is 0.0106. The lowest BCUT2D eigenvalue weighted by atomic mass is 10.2. The molecule has 0 aromatic carbocycles. The second-order valence-corrected chi connectivity index (χ2v) is 7.22. The van der Waals surface area contributed by atoms with Crippen molar-refractivity contribution < 1.29 is 18.4 Å². The second kappa shape index (κ2) is 8.56. The van der Waals surface area contributed by atoms with Crippen molar-refractivity contribution in [3.63, 3.8) is 0 Å². The zero-order valence-corrected chi connectivity index (χ0v) is 17.1. The molecule has 0 saturated heterocycles. The summed E-state index contributed by atoms with van der Waals surface area (Å²) >= 11 is 0. The largest absolute Gasteiger partial charge is 0.350 e. The first-order chi connectivity index (χ1) is 14.2. The summed E-state index contributed by atoms with van der Waals surface area (Å²) in [4.78, 5) is 29.5. The van der Waals surface area contributed by atoms with Crippen LogP contribution in [0.5, 0.6) is 0 Å². The molecular weight excluding hydrogens is 396 g/mol. The highest BCUT2D eigenvalue weighted by Crippen LogP contribution is 2.23. The Bertz CT molecular complexity index is 1090. The van der Waals surface area contributed by atoms with Crippen LogP contribution in [-0.2, 0) is 6.54 Å². The van der Waals surface area contributed by atoms with Crippen molar-refractivity contribution in [2.45, 2.75) is 40.7 Å². The zero-order valence-electron chi connectivity index (χ0n) is 17.1. The number of alkyl halides is 2. The second-order valence-electron chi connectivity index (χ2n) is 7.22. The standard InChI is InChI=1S/C19H23F2N7O2/c1-5-27-9-13(15(26-27)19(30)22-7-10(2)3)25-18(29)12-8-23-28-14(16(20)21)6-11(4)24-17(12)28/h6,8-10,16H,5,7H2,1-4H3,(H,22,30)(H,25,29). The smallest absolute Gasteiger partial charge is 0.280 e. The maximum atomic E-state index is 13.3. The molecule has 0 atom stereocenters. The maximum Gasteiger partial charge on any atom is 0.280 e. The minimum Gasteiger partial charge on any atom is -0.350 e. The van der Waals surface area contributed by atoms with Crippen LogP contribution in [0.25, 0.3) is 5.65 Å². The first kappa shape index (κ1) is 21.3. The normalized spacial score (nSPS) is 11.5. The number of carbonyl (C=O) groups excluding carboxylic acids is 2. The highest BCUT2D eigenvalue weighted by molar-refractivity contribution is 6.10. The van der Waals surface area contributed by atoms with Gasteiger partial charge in [0.1, 0.15) is 11.3 Å². The van der Waals surface area contributed by atoms with E-state index < -0.39 is 18.2 Å². The monoisotopic (exact) mass is 419 g/mol. The molecule has 0 fully saturated rings. The van der Waals surface area contributed by atoms with Crippen molar-refractivity contribution in [1.82, 2.24) is 29.7 Å². The van der Waals surface area contributed by atoms with Gasteiger partial charge >= 0.3 is 0 Å². The van der Waals surface area contributed by atoms with Gasteiger partial charge in [0.05, 0.1) is 11.9 Å². The maximum absolute atomic E-state index is 13.3. The highest BCUT2D eigenvalue weighted by atomic mass is 19.3. The number of nitrogens with zero attached hydrogens (tertiary/aromatic N) is 5. The van der Waals surface area contributed by atoms with Gasteiger partial charge in [0, 0.05) is 25.0 Å². The third kappa shape index (κ3) is 4.29. The van der Waals surface area contributed by atoms with E-state index >= 15 is 0 Å². The Balaban J connectivity index is 1.93. The highest BCUT2D eigenvalue weighted by Gasteiger charge is 2.23. The number of hydrogen-bond donors (Lipinski definition) is 2. The molecule has 0 aliphatic heterocycles. The van der Waals surface area contributed by atoms with Crippen LogP contribution >= 0.6 is 0 Å². The van der Waals surface area contributed by atoms with Gasteiger partial charge in [-0.1, -0.05) is 13.8 Å². The van der Waals surface area contributed by atoms with Crippen LogP contribution in [0.2, 0.25) is 0 Å². The predicted molar refractivity (Wildman–Crippen MR) is 106 cm³/mol. The third-order valence-corrected chi connectivity index (χ3v) is 4.32. The lowest BCUT2D eigenvalue weighted by molar-refractivity contribution is 0.0944. The lowest BCUT2D eigenvalue weighted by Crippen LogP contribution is -2.28. The first-order valence-electron chi connectivity index (χ1n) is 9.51. The van der Waals surface area contributed by atoms with E-state index in [9.17, 15) is 18.4 Å². The van der Waals surface area contributed by atoms with Gasteiger partial charge in [-0.15, -0.1) is 0 Å². The summed E-state index contributed by atoms with van der Waals surface area (Å²) in [6.07, 6.45) is -0.0628. The molecule has 0 aliphatic carbocycles. The molecule has 2 N–H and O–H groups in total. The predicted octanol–water partition coefficient (Wildman–Crippen LogP) is 2.83. The van der Waals surface area contributed by atoms with Crippen molar-refractivity contribution in [1.29, 1.82) is 0 Å². The van der Waals surface area contributed by atoms with E-state index in [1.807, 2.05) is 20.8 Å². The molecule has 11 heteroatoms. The molecule has 0 bridgehead atoms. The van der Waals surface area contributed by atoms with Crippen LogP contribution in [0.3, 0.4) is 0 Å². The van der Waals surface area contributed by atoms with Crippen LogP contribution in [0.1, 0.15) is 59.4 Å². The van der Waals surface area contributed by atoms with Gasteiger partial charge in [-0.2, -0.15) is 10.2 Å². The molecule has 3 aromatic heterocycles. The Labute approximate surface area is 171 Å². The fourth-order valence-corrected chi connectivity index (χ4v) is 2.84. The van der Waals surface area contributed by atoms with E-state index in [4.69, 9.17) is 0 Å². The van der Waals surface area contributed by atoms with E-state index in [0.29, 0.717) is 18.8 Å². The number of aromatic nitrogens is 5. The number of rotatable bonds is 7. The van der Waals surface area contributed by atoms with Crippen molar-refractivity contribution in [2.24, 2.45) is 5.92 Å². The average molecular weight is 419 g/mol. The lowest BCUT2D eigenvalue weighted by Gasteiger charge is -2.08. The van der Waals surface area contributed by atoms with E-state index in [1.165, 1.54) is 23.1 Å². The zero-order chi connectivity index (χ0) is 22.0. The number of nitrogens with one attached hydrogen (secondary N) is 2. The van der Waals surface area contributed by atoms with Gasteiger partial charge < -0.3 is 10.6 Å². The van der Waals surface area contributed by atoms with Crippen molar-refractivity contribution in [3.8, 4) is 0 Å². The average Bonchev–Trinajstić information content (AvgIpc) is 3.29. The van der Waals surface area contributed by atoms with Crippen LogP contribution in [0.4, 0.5) is 14.5 Å². The number of carbonyl (C=O) groups is 2. The fourth-order valence-electron chi connectivity index (χ4n) is 2.84. The SMILES string of the molecule is CCn1cc(NC(=O)c2cnn3c(C(F)F)cc(C)nc23)c(C(=O)NCC(C)C)n1. The molecule has 0 aliphatic rings. The van der Waals surface area contributed by atoms with E-state index in [2.05, 4.69) is 25.8 Å². The van der Waals surface area contributed by atoms with Crippen LogP contribution in [0.15, 0.2) is 18.5 Å². The van der Waals surface area contributed by atoms with Crippen molar-refractivity contribution in [3.05, 3.63) is 41.1 Å². The van der Waals surface area contributed by atoms with Crippen molar-refractivity contribution in [2.75, 3.05) is 11.9 Å². The number of amides is 2. The molecule has 30 heavy (non-hydrogen) atoms. The van der Waals surface area contributed by atoms with E-state index in [0.717, 1.165) is 4.52 Å². The minimum atomic E-state index is -2.77. The van der Waals surface area contributed by atoms with E-state index in [-0.39, 0.29) is 34.2 Å². The summed E-state index contributed by atoms with van der Waals surface area (Å²) in [5.74, 6) is -0.797. The number of hydrogen-bond acceptors (Lipinski definition) is 5. The van der Waals surface area contributed by atoms with Gasteiger partial charge in [-0.25, -0.2) is 18.3 Å². The summed E-state index contributed by atoms with van der Waals surface area (Å²) in [6.45, 7) is 8.28. The molecule has 0 radical (unpaired) electrons. The Hall–Kier alpha value is -3.37. The summed E-state index contributed by atoms with van der Waals surface area (Å²) in [5.41, 5.74) is 0.280. The molecule has 3 heterocycles. The fraction of sp³-hybridized carbons (Fsp3) is 0.421. The number of halogens is 2. The first-order valence-corrected chi connectivity index (χ1v) is 9.51. The van der Waals surface area contributed by atoms with Crippen molar-refractivity contribution >= 4 is 23.1 Å². The molecule has 0 spiro atoms. The van der Waals surface area contributed by atoms with Gasteiger partial charge in [-0.05, 0) is 25.8 Å².